The maximum Gasteiger partial charge on any atom is 0.156 e. The Kier molecular flexibility index (Phi) is 9.52. The summed E-state index contributed by atoms with van der Waals surface area (Å²) in [4.78, 5) is 2.55. The second-order valence-corrected chi connectivity index (χ2v) is 10.5. The Hall–Kier alpha value is -3.38. The molecule has 0 amide bonds. The SMILES string of the molecule is COc1ccc2c(-c3ccc(C)c(C)c3)nnc(NC3CCN(Cc4ccc5ccccc5c4)CC3)c2c1.Cl.Cl. The van der Waals surface area contributed by atoms with Crippen LogP contribution in [0.5, 0.6) is 5.75 Å². The van der Waals surface area contributed by atoms with Gasteiger partial charge >= 0.3 is 0 Å². The van der Waals surface area contributed by atoms with Gasteiger partial charge in [0.05, 0.1) is 7.11 Å². The molecule has 208 valence electrons. The van der Waals surface area contributed by atoms with Crippen LogP contribution in [0, 0.1) is 13.8 Å². The number of rotatable bonds is 6. The second kappa shape index (κ2) is 12.9. The van der Waals surface area contributed by atoms with Crippen LogP contribution in [-0.2, 0) is 6.54 Å². The Bertz CT molecular complexity index is 1620. The lowest BCUT2D eigenvalue weighted by atomic mass is 10.00. The van der Waals surface area contributed by atoms with Crippen LogP contribution in [0.3, 0.4) is 0 Å². The highest BCUT2D eigenvalue weighted by Gasteiger charge is 2.21. The fourth-order valence-corrected chi connectivity index (χ4v) is 5.49. The number of fused-ring (bicyclic) bond motifs is 2. The molecule has 40 heavy (non-hydrogen) atoms. The number of likely N-dealkylation sites (tertiary alicyclic amines) is 1. The lowest BCUT2D eigenvalue weighted by Crippen LogP contribution is -2.38. The lowest BCUT2D eigenvalue weighted by molar-refractivity contribution is 0.211. The number of piperidine rings is 1. The van der Waals surface area contributed by atoms with Crippen molar-refractivity contribution in [2.45, 2.75) is 39.3 Å². The number of benzene rings is 4. The van der Waals surface area contributed by atoms with Crippen LogP contribution in [0.2, 0.25) is 0 Å². The number of methoxy groups -OCH3 is 1. The van der Waals surface area contributed by atoms with Crippen molar-refractivity contribution >= 4 is 52.2 Å². The van der Waals surface area contributed by atoms with Gasteiger partial charge in [-0.15, -0.1) is 35.0 Å². The number of nitrogens with one attached hydrogen (secondary N) is 1. The highest BCUT2D eigenvalue weighted by Crippen LogP contribution is 2.34. The number of ether oxygens (including phenoxy) is 1. The molecule has 0 radical (unpaired) electrons. The molecule has 6 rings (SSSR count). The van der Waals surface area contributed by atoms with Gasteiger partial charge in [0.2, 0.25) is 0 Å². The number of halogens is 2. The minimum Gasteiger partial charge on any atom is -0.497 e. The molecule has 0 spiro atoms. The van der Waals surface area contributed by atoms with E-state index in [2.05, 4.69) is 96.9 Å². The molecule has 5 nitrogen and oxygen atoms in total. The zero-order valence-electron chi connectivity index (χ0n) is 23.2. The number of aryl methyl sites for hydroxylation is 2. The summed E-state index contributed by atoms with van der Waals surface area (Å²) in [5.41, 5.74) is 5.90. The Morgan fingerprint density at radius 1 is 0.800 bits per heavy atom. The third-order valence-corrected chi connectivity index (χ3v) is 7.92. The maximum absolute atomic E-state index is 5.56. The molecule has 1 aromatic heterocycles. The van der Waals surface area contributed by atoms with Crippen LogP contribution in [0.1, 0.15) is 29.5 Å². The van der Waals surface area contributed by atoms with E-state index >= 15 is 0 Å². The monoisotopic (exact) mass is 574 g/mol. The summed E-state index contributed by atoms with van der Waals surface area (Å²) in [5, 5.41) is 17.9. The maximum atomic E-state index is 5.56. The van der Waals surface area contributed by atoms with Crippen LogP contribution in [0.15, 0.2) is 78.9 Å². The highest BCUT2D eigenvalue weighted by atomic mass is 35.5. The predicted molar refractivity (Wildman–Crippen MR) is 171 cm³/mol. The average Bonchev–Trinajstić information content (AvgIpc) is 2.95. The molecule has 4 aromatic carbocycles. The molecule has 0 aliphatic carbocycles. The predicted octanol–water partition coefficient (Wildman–Crippen LogP) is 8.00. The fourth-order valence-electron chi connectivity index (χ4n) is 5.49. The van der Waals surface area contributed by atoms with Crippen LogP contribution < -0.4 is 10.1 Å². The van der Waals surface area contributed by atoms with Crippen molar-refractivity contribution < 1.29 is 4.74 Å². The molecule has 0 bridgehead atoms. The average molecular weight is 576 g/mol. The van der Waals surface area contributed by atoms with Crippen molar-refractivity contribution in [3.63, 3.8) is 0 Å². The van der Waals surface area contributed by atoms with Gasteiger partial charge in [-0.1, -0.05) is 48.5 Å². The van der Waals surface area contributed by atoms with E-state index in [1.807, 2.05) is 6.07 Å². The van der Waals surface area contributed by atoms with Gasteiger partial charge in [-0.25, -0.2) is 0 Å². The van der Waals surface area contributed by atoms with Crippen LogP contribution in [0.4, 0.5) is 5.82 Å². The molecule has 1 aliphatic rings. The Morgan fingerprint density at radius 3 is 2.33 bits per heavy atom. The number of anilines is 1. The van der Waals surface area contributed by atoms with Gasteiger partial charge in [0, 0.05) is 42.0 Å². The van der Waals surface area contributed by atoms with E-state index in [1.165, 1.54) is 27.5 Å². The molecule has 1 N–H and O–H groups in total. The number of hydrogen-bond acceptors (Lipinski definition) is 5. The van der Waals surface area contributed by atoms with Gasteiger partial charge in [-0.05, 0) is 84.5 Å². The first-order chi connectivity index (χ1) is 18.6. The molecule has 0 saturated carbocycles. The summed E-state index contributed by atoms with van der Waals surface area (Å²) in [7, 11) is 1.71. The Labute approximate surface area is 248 Å². The van der Waals surface area contributed by atoms with Gasteiger partial charge < -0.3 is 10.1 Å². The minimum absolute atomic E-state index is 0. The lowest BCUT2D eigenvalue weighted by Gasteiger charge is -2.32. The van der Waals surface area contributed by atoms with Crippen LogP contribution in [0.25, 0.3) is 32.8 Å². The molecule has 2 heterocycles. The van der Waals surface area contributed by atoms with Gasteiger partial charge in [0.15, 0.2) is 5.82 Å². The summed E-state index contributed by atoms with van der Waals surface area (Å²) < 4.78 is 5.56. The minimum atomic E-state index is 0. The molecule has 0 atom stereocenters. The van der Waals surface area contributed by atoms with E-state index in [9.17, 15) is 0 Å². The smallest absolute Gasteiger partial charge is 0.156 e. The third-order valence-electron chi connectivity index (χ3n) is 7.92. The van der Waals surface area contributed by atoms with Gasteiger partial charge in [-0.3, -0.25) is 4.90 Å². The number of aromatic nitrogens is 2. The highest BCUT2D eigenvalue weighted by molar-refractivity contribution is 6.01. The first-order valence-corrected chi connectivity index (χ1v) is 13.5. The second-order valence-electron chi connectivity index (χ2n) is 10.5. The fraction of sp³-hybridized carbons (Fsp3) is 0.273. The van der Waals surface area contributed by atoms with Crippen molar-refractivity contribution in [3.8, 4) is 17.0 Å². The zero-order valence-corrected chi connectivity index (χ0v) is 24.8. The van der Waals surface area contributed by atoms with E-state index in [0.717, 1.165) is 66.1 Å². The summed E-state index contributed by atoms with van der Waals surface area (Å²) in [6.45, 7) is 7.37. The first-order valence-electron chi connectivity index (χ1n) is 13.5. The summed E-state index contributed by atoms with van der Waals surface area (Å²) in [6, 6.07) is 28.4. The molecular formula is C33H36Cl2N4O. The van der Waals surface area contributed by atoms with Gasteiger partial charge in [0.25, 0.3) is 0 Å². The summed E-state index contributed by atoms with van der Waals surface area (Å²) >= 11 is 0. The van der Waals surface area contributed by atoms with E-state index < -0.39 is 0 Å². The Balaban J connectivity index is 0.00000185. The number of hydrogen-bond donors (Lipinski definition) is 1. The van der Waals surface area contributed by atoms with Crippen molar-refractivity contribution in [2.75, 3.05) is 25.5 Å². The first kappa shape index (κ1) is 29.6. The van der Waals surface area contributed by atoms with Crippen molar-refractivity contribution in [1.82, 2.24) is 15.1 Å². The quantitative estimate of drug-likeness (QED) is 0.222. The van der Waals surface area contributed by atoms with E-state index in [-0.39, 0.29) is 24.8 Å². The topological polar surface area (TPSA) is 50.3 Å². The normalized spacial score (nSPS) is 14.0. The van der Waals surface area contributed by atoms with Crippen LogP contribution in [-0.4, -0.2) is 41.3 Å². The third kappa shape index (κ3) is 6.17. The van der Waals surface area contributed by atoms with Crippen molar-refractivity contribution in [3.05, 3.63) is 95.6 Å². The molecule has 1 fully saturated rings. The number of nitrogens with zero attached hydrogens (tertiary/aromatic N) is 3. The summed E-state index contributed by atoms with van der Waals surface area (Å²) in [5.74, 6) is 1.66. The molecule has 7 heteroatoms. The van der Waals surface area contributed by atoms with Crippen molar-refractivity contribution in [1.29, 1.82) is 0 Å². The van der Waals surface area contributed by atoms with Gasteiger partial charge in [0.1, 0.15) is 11.4 Å². The Morgan fingerprint density at radius 2 is 1.57 bits per heavy atom. The van der Waals surface area contributed by atoms with Crippen molar-refractivity contribution in [2.24, 2.45) is 0 Å². The van der Waals surface area contributed by atoms with E-state index in [0.29, 0.717) is 6.04 Å². The molecule has 0 unspecified atom stereocenters. The van der Waals surface area contributed by atoms with E-state index in [4.69, 9.17) is 14.9 Å². The standard InChI is InChI=1S/C33H34N4O.2ClH/c1-22-8-10-27(18-23(22)2)32-30-13-12-29(38-3)20-31(30)33(36-35-32)34-28-14-16-37(17-15-28)21-24-9-11-25-6-4-5-7-26(25)19-24;;/h4-13,18-20,28H,14-17,21H2,1-3H3,(H,34,36);2*1H. The molecule has 1 saturated heterocycles. The zero-order chi connectivity index (χ0) is 26.1. The molecule has 1 aliphatic heterocycles. The molecule has 5 aromatic rings. The largest absolute Gasteiger partial charge is 0.497 e. The van der Waals surface area contributed by atoms with Gasteiger partial charge in [-0.2, -0.15) is 0 Å². The molecular weight excluding hydrogens is 539 g/mol. The van der Waals surface area contributed by atoms with E-state index in [1.54, 1.807) is 7.11 Å². The summed E-state index contributed by atoms with van der Waals surface area (Å²) in [6.07, 6.45) is 2.14. The van der Waals surface area contributed by atoms with Crippen LogP contribution >= 0.6 is 24.8 Å².